The second-order valence-electron chi connectivity index (χ2n) is 5.49. The van der Waals surface area contributed by atoms with Gasteiger partial charge in [0.15, 0.2) is 5.57 Å². The molecular weight excluding hydrogens is 385 g/mol. The maximum atomic E-state index is 12.8. The van der Waals surface area contributed by atoms with E-state index in [0.717, 1.165) is 0 Å². The van der Waals surface area contributed by atoms with Crippen molar-refractivity contribution in [1.29, 1.82) is 0 Å². The fourth-order valence-electron chi connectivity index (χ4n) is 1.97. The summed E-state index contributed by atoms with van der Waals surface area (Å²) in [5, 5.41) is 12.6. The summed E-state index contributed by atoms with van der Waals surface area (Å²) in [6, 6.07) is 0.739. The number of alkyl halides is 3. The second kappa shape index (κ2) is 6.48. The van der Waals surface area contributed by atoms with E-state index in [1.807, 2.05) is 0 Å². The molecule has 1 aliphatic rings. The van der Waals surface area contributed by atoms with Crippen LogP contribution in [0.3, 0.4) is 0 Å². The first kappa shape index (κ1) is 19.5. The van der Waals surface area contributed by atoms with Gasteiger partial charge in [0.2, 0.25) is 0 Å². The number of ether oxygens (including phenoxy) is 2. The lowest BCUT2D eigenvalue weighted by Gasteiger charge is -2.29. The third-order valence-electron chi connectivity index (χ3n) is 3.07. The normalized spacial score (nSPS) is 16.6. The van der Waals surface area contributed by atoms with Gasteiger partial charge in [0.1, 0.15) is 5.69 Å². The third kappa shape index (κ3) is 4.04. The standard InChI is InChI=1S/C14H10ClF3N2O6/c1-13(2)25-11(21)7(12(22)26-13)5-19-10-8(15)3-6(14(16,17)18)4-9(10)20(23)24/h3-5,19H,1-2H3. The van der Waals surface area contributed by atoms with Crippen LogP contribution in [0.4, 0.5) is 24.5 Å². The second-order valence-corrected chi connectivity index (χ2v) is 5.90. The fourth-order valence-corrected chi connectivity index (χ4v) is 2.23. The first-order chi connectivity index (χ1) is 11.8. The maximum Gasteiger partial charge on any atom is 0.416 e. The molecule has 1 fully saturated rings. The number of halogens is 4. The topological polar surface area (TPSA) is 108 Å². The first-order valence-electron chi connectivity index (χ1n) is 6.80. The molecule has 26 heavy (non-hydrogen) atoms. The van der Waals surface area contributed by atoms with Gasteiger partial charge in [-0.2, -0.15) is 13.2 Å². The monoisotopic (exact) mass is 394 g/mol. The highest BCUT2D eigenvalue weighted by Gasteiger charge is 2.39. The lowest BCUT2D eigenvalue weighted by atomic mass is 10.1. The number of nitro benzene ring substituents is 1. The number of rotatable bonds is 3. The van der Waals surface area contributed by atoms with Gasteiger partial charge in [-0.3, -0.25) is 10.1 Å². The molecule has 0 spiro atoms. The molecule has 0 amide bonds. The highest BCUT2D eigenvalue weighted by molar-refractivity contribution is 6.34. The van der Waals surface area contributed by atoms with Crippen LogP contribution in [0, 0.1) is 10.1 Å². The van der Waals surface area contributed by atoms with Gasteiger partial charge in [0, 0.05) is 26.1 Å². The Kier molecular flexibility index (Phi) is 4.86. The van der Waals surface area contributed by atoms with Crippen molar-refractivity contribution in [2.75, 3.05) is 5.32 Å². The smallest absolute Gasteiger partial charge is 0.416 e. The van der Waals surface area contributed by atoms with E-state index in [1.165, 1.54) is 13.8 Å². The molecular formula is C14H10ClF3N2O6. The van der Waals surface area contributed by atoms with Gasteiger partial charge in [-0.25, -0.2) is 9.59 Å². The van der Waals surface area contributed by atoms with E-state index < -0.39 is 56.4 Å². The van der Waals surface area contributed by atoms with Crippen LogP contribution < -0.4 is 5.32 Å². The number of cyclic esters (lactones) is 2. The molecule has 1 saturated heterocycles. The number of carbonyl (C=O) groups is 2. The average Bonchev–Trinajstić information content (AvgIpc) is 2.44. The number of hydrogen-bond donors (Lipinski definition) is 1. The van der Waals surface area contributed by atoms with Crippen LogP contribution in [-0.4, -0.2) is 22.6 Å². The molecule has 1 heterocycles. The van der Waals surface area contributed by atoms with Crippen LogP contribution in [0.5, 0.6) is 0 Å². The van der Waals surface area contributed by atoms with E-state index in [-0.39, 0.29) is 6.07 Å². The molecule has 0 aromatic heterocycles. The Hall–Kier alpha value is -2.82. The van der Waals surface area contributed by atoms with Crippen molar-refractivity contribution < 1.29 is 37.2 Å². The lowest BCUT2D eigenvalue weighted by molar-refractivity contribution is -0.384. The van der Waals surface area contributed by atoms with Crippen LogP contribution in [-0.2, 0) is 25.2 Å². The SMILES string of the molecule is CC1(C)OC(=O)C(=CNc2c(Cl)cc(C(F)(F)F)cc2[N+](=O)[O-])C(=O)O1. The van der Waals surface area contributed by atoms with Crippen molar-refractivity contribution in [2.45, 2.75) is 25.8 Å². The minimum atomic E-state index is -4.85. The van der Waals surface area contributed by atoms with Crippen molar-refractivity contribution in [2.24, 2.45) is 0 Å². The van der Waals surface area contributed by atoms with Crippen molar-refractivity contribution in [3.8, 4) is 0 Å². The van der Waals surface area contributed by atoms with E-state index in [9.17, 15) is 32.9 Å². The highest BCUT2D eigenvalue weighted by Crippen LogP contribution is 2.40. The largest absolute Gasteiger partial charge is 0.419 e. The minimum absolute atomic E-state index is 0.271. The zero-order valence-corrected chi connectivity index (χ0v) is 13.9. The van der Waals surface area contributed by atoms with Gasteiger partial charge in [0.05, 0.1) is 15.5 Å². The van der Waals surface area contributed by atoms with E-state index in [1.54, 1.807) is 0 Å². The van der Waals surface area contributed by atoms with Crippen LogP contribution in [0.2, 0.25) is 5.02 Å². The summed E-state index contributed by atoms with van der Waals surface area (Å²) in [4.78, 5) is 33.5. The quantitative estimate of drug-likeness (QED) is 0.275. The van der Waals surface area contributed by atoms with E-state index in [0.29, 0.717) is 12.3 Å². The number of nitrogens with zero attached hydrogens (tertiary/aromatic N) is 1. The number of benzene rings is 1. The molecule has 1 N–H and O–H groups in total. The molecule has 0 bridgehead atoms. The molecule has 1 aromatic rings. The fraction of sp³-hybridized carbons (Fsp3) is 0.286. The number of hydrogen-bond acceptors (Lipinski definition) is 7. The molecule has 0 unspecified atom stereocenters. The summed E-state index contributed by atoms with van der Waals surface area (Å²) >= 11 is 5.69. The maximum absolute atomic E-state index is 12.8. The van der Waals surface area contributed by atoms with Crippen molar-refractivity contribution >= 4 is 34.9 Å². The van der Waals surface area contributed by atoms with Gasteiger partial charge in [-0.05, 0) is 6.07 Å². The average molecular weight is 395 g/mol. The van der Waals surface area contributed by atoms with Crippen LogP contribution in [0.25, 0.3) is 0 Å². The molecule has 8 nitrogen and oxygen atoms in total. The van der Waals surface area contributed by atoms with Gasteiger partial charge in [-0.15, -0.1) is 0 Å². The predicted octanol–water partition coefficient (Wildman–Crippen LogP) is 3.40. The summed E-state index contributed by atoms with van der Waals surface area (Å²) in [6.45, 7) is 2.62. The Morgan fingerprint density at radius 2 is 1.77 bits per heavy atom. The zero-order valence-electron chi connectivity index (χ0n) is 13.1. The molecule has 2 rings (SSSR count). The van der Waals surface area contributed by atoms with Gasteiger partial charge in [0.25, 0.3) is 11.5 Å². The molecule has 12 heteroatoms. The van der Waals surface area contributed by atoms with Gasteiger partial charge < -0.3 is 14.8 Å². The summed E-state index contributed by atoms with van der Waals surface area (Å²) in [6.07, 6.45) is -4.14. The molecule has 0 aliphatic carbocycles. The summed E-state index contributed by atoms with van der Waals surface area (Å²) < 4.78 is 47.9. The Bertz CT molecular complexity index is 813. The zero-order chi connectivity index (χ0) is 19.9. The molecule has 140 valence electrons. The highest BCUT2D eigenvalue weighted by atomic mass is 35.5. The molecule has 0 atom stereocenters. The van der Waals surface area contributed by atoms with Gasteiger partial charge in [-0.1, -0.05) is 11.6 Å². The summed E-state index contributed by atoms with van der Waals surface area (Å²) in [7, 11) is 0. The summed E-state index contributed by atoms with van der Waals surface area (Å²) in [5.74, 6) is -3.65. The van der Waals surface area contributed by atoms with E-state index in [2.05, 4.69) is 5.32 Å². The predicted molar refractivity (Wildman–Crippen MR) is 81.1 cm³/mol. The number of nitro groups is 1. The molecule has 1 aliphatic heterocycles. The van der Waals surface area contributed by atoms with Crippen LogP contribution >= 0.6 is 11.6 Å². The van der Waals surface area contributed by atoms with Crippen molar-refractivity contribution in [3.05, 3.63) is 44.6 Å². The molecule has 1 aromatic carbocycles. The van der Waals surface area contributed by atoms with Crippen LogP contribution in [0.15, 0.2) is 23.9 Å². The van der Waals surface area contributed by atoms with Crippen molar-refractivity contribution in [3.63, 3.8) is 0 Å². The Morgan fingerprint density at radius 1 is 1.23 bits per heavy atom. The number of carbonyl (C=O) groups excluding carboxylic acids is 2. The van der Waals surface area contributed by atoms with E-state index >= 15 is 0 Å². The minimum Gasteiger partial charge on any atom is -0.419 e. The van der Waals surface area contributed by atoms with Gasteiger partial charge >= 0.3 is 18.1 Å². The number of nitrogens with one attached hydrogen (secondary N) is 1. The third-order valence-corrected chi connectivity index (χ3v) is 3.37. The summed E-state index contributed by atoms with van der Waals surface area (Å²) in [5.41, 5.74) is -3.51. The molecule has 0 radical (unpaired) electrons. The van der Waals surface area contributed by atoms with Crippen molar-refractivity contribution in [1.82, 2.24) is 0 Å². The first-order valence-corrected chi connectivity index (χ1v) is 7.18. The number of esters is 2. The molecule has 0 saturated carbocycles. The van der Waals surface area contributed by atoms with Crippen LogP contribution in [0.1, 0.15) is 19.4 Å². The lowest BCUT2D eigenvalue weighted by Crippen LogP contribution is -2.42. The Morgan fingerprint density at radius 3 is 2.23 bits per heavy atom. The Balaban J connectivity index is 2.42. The Labute approximate surface area is 148 Å². The number of anilines is 1. The van der Waals surface area contributed by atoms with E-state index in [4.69, 9.17) is 21.1 Å².